The van der Waals surface area contributed by atoms with E-state index in [4.69, 9.17) is 5.73 Å². The van der Waals surface area contributed by atoms with Gasteiger partial charge in [-0.15, -0.1) is 11.3 Å². The molecule has 1 aromatic rings. The van der Waals surface area contributed by atoms with Crippen LogP contribution in [-0.2, 0) is 4.79 Å². The molecule has 17 heavy (non-hydrogen) atoms. The van der Waals surface area contributed by atoms with Crippen molar-refractivity contribution in [3.63, 3.8) is 0 Å². The topological polar surface area (TPSA) is 55.1 Å². The van der Waals surface area contributed by atoms with Crippen molar-refractivity contribution in [2.75, 3.05) is 6.54 Å². The molecule has 0 spiro atoms. The molecule has 0 saturated heterocycles. The predicted octanol–water partition coefficient (Wildman–Crippen LogP) is 2.69. The van der Waals surface area contributed by atoms with Crippen LogP contribution in [-0.4, -0.2) is 12.5 Å². The number of rotatable bonds is 7. The quantitative estimate of drug-likeness (QED) is 0.786. The highest BCUT2D eigenvalue weighted by atomic mass is 32.1. The minimum Gasteiger partial charge on any atom is -0.348 e. The Morgan fingerprint density at radius 1 is 1.53 bits per heavy atom. The van der Waals surface area contributed by atoms with Crippen LogP contribution in [0.15, 0.2) is 17.5 Å². The Labute approximate surface area is 107 Å². The van der Waals surface area contributed by atoms with Gasteiger partial charge in [-0.3, -0.25) is 4.79 Å². The number of amides is 1. The van der Waals surface area contributed by atoms with Gasteiger partial charge in [0.1, 0.15) is 0 Å². The lowest BCUT2D eigenvalue weighted by atomic mass is 10.0. The molecule has 0 aromatic carbocycles. The maximum absolute atomic E-state index is 12.0. The summed E-state index contributed by atoms with van der Waals surface area (Å²) >= 11 is 1.69. The summed E-state index contributed by atoms with van der Waals surface area (Å²) in [4.78, 5) is 13.2. The zero-order valence-electron chi connectivity index (χ0n) is 10.6. The molecule has 2 unspecified atom stereocenters. The van der Waals surface area contributed by atoms with Crippen LogP contribution in [0.2, 0.25) is 0 Å². The fourth-order valence-corrected chi connectivity index (χ4v) is 2.62. The molecule has 1 amide bonds. The van der Waals surface area contributed by atoms with Gasteiger partial charge in [0.15, 0.2) is 0 Å². The smallest absolute Gasteiger partial charge is 0.224 e. The molecule has 1 heterocycles. The third-order valence-corrected chi connectivity index (χ3v) is 3.91. The van der Waals surface area contributed by atoms with Gasteiger partial charge < -0.3 is 11.1 Å². The van der Waals surface area contributed by atoms with Crippen LogP contribution in [0.25, 0.3) is 0 Å². The zero-order chi connectivity index (χ0) is 12.7. The van der Waals surface area contributed by atoms with Crippen LogP contribution in [0.4, 0.5) is 0 Å². The molecule has 0 radical (unpaired) electrons. The Bertz CT molecular complexity index is 320. The zero-order valence-corrected chi connectivity index (χ0v) is 11.4. The first kappa shape index (κ1) is 14.2. The van der Waals surface area contributed by atoms with Crippen molar-refractivity contribution in [1.29, 1.82) is 0 Å². The molecule has 0 bridgehead atoms. The Morgan fingerprint density at radius 2 is 2.29 bits per heavy atom. The van der Waals surface area contributed by atoms with E-state index in [1.807, 2.05) is 18.4 Å². The Balaban J connectivity index is 2.64. The van der Waals surface area contributed by atoms with Crippen LogP contribution in [0, 0.1) is 5.92 Å². The summed E-state index contributed by atoms with van der Waals surface area (Å²) in [5.41, 5.74) is 5.59. The third-order valence-electron chi connectivity index (χ3n) is 2.93. The second-order valence-corrected chi connectivity index (χ2v) is 5.19. The maximum atomic E-state index is 12.0. The summed E-state index contributed by atoms with van der Waals surface area (Å²) in [6.07, 6.45) is 2.83. The predicted molar refractivity (Wildman–Crippen MR) is 72.9 cm³/mol. The van der Waals surface area contributed by atoms with Crippen LogP contribution in [0.1, 0.15) is 44.0 Å². The lowest BCUT2D eigenvalue weighted by Crippen LogP contribution is -2.36. The van der Waals surface area contributed by atoms with E-state index in [9.17, 15) is 4.79 Å². The van der Waals surface area contributed by atoms with E-state index < -0.39 is 0 Å². The van der Waals surface area contributed by atoms with Crippen molar-refractivity contribution in [3.8, 4) is 0 Å². The minimum atomic E-state index is -0.0608. The molecule has 0 aliphatic carbocycles. The minimum absolute atomic E-state index is 0.0608. The second kappa shape index (κ2) is 7.45. The summed E-state index contributed by atoms with van der Waals surface area (Å²) in [6, 6.07) is 4.25. The fourth-order valence-electron chi connectivity index (χ4n) is 1.81. The summed E-state index contributed by atoms with van der Waals surface area (Å²) in [5.74, 6) is 0.0242. The highest BCUT2D eigenvalue weighted by Gasteiger charge is 2.19. The van der Waals surface area contributed by atoms with Gasteiger partial charge in [0.25, 0.3) is 0 Å². The van der Waals surface area contributed by atoms with E-state index in [-0.39, 0.29) is 17.9 Å². The number of hydrogen-bond donors (Lipinski definition) is 2. The summed E-state index contributed by atoms with van der Waals surface area (Å²) in [6.45, 7) is 4.55. The Morgan fingerprint density at radius 3 is 2.76 bits per heavy atom. The summed E-state index contributed by atoms with van der Waals surface area (Å²) in [5, 5.41) is 5.16. The number of thiophene rings is 1. The van der Waals surface area contributed by atoms with Gasteiger partial charge in [-0.2, -0.15) is 0 Å². The standard InChI is InChI=1S/C13H22N2OS/c1-3-6-11(12-7-5-8-17-12)15-13(16)10(4-2)9-14/h5,7-8,10-11H,3-4,6,9,14H2,1-2H3,(H,15,16). The molecular formula is C13H22N2OS. The fraction of sp³-hybridized carbons (Fsp3) is 0.615. The van der Waals surface area contributed by atoms with Crippen LogP contribution < -0.4 is 11.1 Å². The van der Waals surface area contributed by atoms with Gasteiger partial charge in [0.05, 0.1) is 6.04 Å². The highest BCUT2D eigenvalue weighted by molar-refractivity contribution is 7.10. The molecule has 3 nitrogen and oxygen atoms in total. The Kier molecular flexibility index (Phi) is 6.22. The molecule has 2 atom stereocenters. The molecule has 1 rings (SSSR count). The first-order valence-corrected chi connectivity index (χ1v) is 7.14. The van der Waals surface area contributed by atoms with Crippen molar-refractivity contribution in [3.05, 3.63) is 22.4 Å². The Hall–Kier alpha value is -0.870. The van der Waals surface area contributed by atoms with Crippen molar-refractivity contribution in [2.24, 2.45) is 11.7 Å². The van der Waals surface area contributed by atoms with Crippen LogP contribution in [0.5, 0.6) is 0 Å². The average molecular weight is 254 g/mol. The lowest BCUT2D eigenvalue weighted by Gasteiger charge is -2.20. The normalized spacial score (nSPS) is 14.3. The number of hydrogen-bond acceptors (Lipinski definition) is 3. The first-order chi connectivity index (χ1) is 8.22. The second-order valence-electron chi connectivity index (χ2n) is 4.21. The monoisotopic (exact) mass is 254 g/mol. The number of nitrogens with two attached hydrogens (primary N) is 1. The van der Waals surface area contributed by atoms with Gasteiger partial charge in [-0.25, -0.2) is 0 Å². The van der Waals surface area contributed by atoms with Crippen molar-refractivity contribution >= 4 is 17.2 Å². The van der Waals surface area contributed by atoms with E-state index in [0.717, 1.165) is 19.3 Å². The van der Waals surface area contributed by atoms with E-state index >= 15 is 0 Å². The van der Waals surface area contributed by atoms with E-state index in [1.165, 1.54) is 4.88 Å². The maximum Gasteiger partial charge on any atom is 0.224 e. The molecule has 4 heteroatoms. The molecule has 0 aliphatic rings. The first-order valence-electron chi connectivity index (χ1n) is 6.26. The van der Waals surface area contributed by atoms with Crippen LogP contribution in [0.3, 0.4) is 0 Å². The van der Waals surface area contributed by atoms with Gasteiger partial charge in [0.2, 0.25) is 5.91 Å². The molecule has 0 fully saturated rings. The van der Waals surface area contributed by atoms with E-state index in [2.05, 4.69) is 18.3 Å². The number of carbonyl (C=O) groups excluding carboxylic acids is 1. The number of carbonyl (C=O) groups is 1. The van der Waals surface area contributed by atoms with Crippen molar-refractivity contribution in [2.45, 2.75) is 39.2 Å². The average Bonchev–Trinajstić information content (AvgIpc) is 2.83. The van der Waals surface area contributed by atoms with Gasteiger partial charge in [-0.1, -0.05) is 26.3 Å². The molecular weight excluding hydrogens is 232 g/mol. The van der Waals surface area contributed by atoms with Crippen molar-refractivity contribution in [1.82, 2.24) is 5.32 Å². The van der Waals surface area contributed by atoms with E-state index in [1.54, 1.807) is 11.3 Å². The molecule has 3 N–H and O–H groups in total. The van der Waals surface area contributed by atoms with Crippen molar-refractivity contribution < 1.29 is 4.79 Å². The SMILES string of the molecule is CCCC(NC(=O)C(CC)CN)c1cccs1. The van der Waals surface area contributed by atoms with Crippen LogP contribution >= 0.6 is 11.3 Å². The van der Waals surface area contributed by atoms with Gasteiger partial charge >= 0.3 is 0 Å². The van der Waals surface area contributed by atoms with E-state index in [0.29, 0.717) is 6.54 Å². The lowest BCUT2D eigenvalue weighted by molar-refractivity contribution is -0.125. The van der Waals surface area contributed by atoms with Gasteiger partial charge in [-0.05, 0) is 24.3 Å². The molecule has 1 aromatic heterocycles. The van der Waals surface area contributed by atoms with Gasteiger partial charge in [0, 0.05) is 17.3 Å². The largest absolute Gasteiger partial charge is 0.348 e. The third kappa shape index (κ3) is 4.13. The summed E-state index contributed by atoms with van der Waals surface area (Å²) in [7, 11) is 0. The molecule has 96 valence electrons. The molecule has 0 saturated carbocycles. The highest BCUT2D eigenvalue weighted by Crippen LogP contribution is 2.23. The summed E-state index contributed by atoms with van der Waals surface area (Å²) < 4.78 is 0. The number of nitrogens with one attached hydrogen (secondary N) is 1. The molecule has 0 aliphatic heterocycles.